The number of carbonyl (C=O) groups is 3. The predicted octanol–water partition coefficient (Wildman–Crippen LogP) is 4.40. The van der Waals surface area contributed by atoms with E-state index in [1.807, 2.05) is 0 Å². The first kappa shape index (κ1) is 23.1. The summed E-state index contributed by atoms with van der Waals surface area (Å²) in [6.07, 6.45) is -1.35. The van der Waals surface area contributed by atoms with Gasteiger partial charge in [0.05, 0.1) is 10.5 Å². The first-order valence-corrected chi connectivity index (χ1v) is 9.94. The molecule has 0 aliphatic heterocycles. The summed E-state index contributed by atoms with van der Waals surface area (Å²) in [7, 11) is 0. The van der Waals surface area contributed by atoms with Gasteiger partial charge in [0.25, 0.3) is 11.6 Å². The molecule has 3 aromatic rings. The quantitative estimate of drug-likeness (QED) is 0.314. The number of carbonyl (C=O) groups excluding carboxylic acids is 3. The number of hydrogen-bond donors (Lipinski definition) is 2. The van der Waals surface area contributed by atoms with Crippen LogP contribution in [0.3, 0.4) is 0 Å². The van der Waals surface area contributed by atoms with Gasteiger partial charge in [-0.05, 0) is 42.8 Å². The number of nitrogens with one attached hydrogen (secondary N) is 2. The van der Waals surface area contributed by atoms with Gasteiger partial charge in [-0.2, -0.15) is 0 Å². The fourth-order valence-corrected chi connectivity index (χ4v) is 3.07. The molecule has 0 spiro atoms. The van der Waals surface area contributed by atoms with Crippen LogP contribution >= 0.6 is 0 Å². The monoisotopic (exact) mass is 447 g/mol. The van der Waals surface area contributed by atoms with Crippen LogP contribution in [0.2, 0.25) is 0 Å². The Morgan fingerprint density at radius 3 is 2.21 bits per heavy atom. The average molecular weight is 447 g/mol. The number of benzene rings is 3. The molecule has 0 aromatic heterocycles. The van der Waals surface area contributed by atoms with E-state index in [1.54, 1.807) is 43.3 Å². The Hall–Kier alpha value is -4.53. The summed E-state index contributed by atoms with van der Waals surface area (Å²) in [6.45, 7) is 3.06. The number of rotatable bonds is 7. The summed E-state index contributed by atoms with van der Waals surface area (Å²) in [4.78, 5) is 47.8. The Morgan fingerprint density at radius 2 is 1.61 bits per heavy atom. The molecule has 0 radical (unpaired) electrons. The van der Waals surface area contributed by atoms with Crippen LogP contribution in [0.5, 0.6) is 0 Å². The van der Waals surface area contributed by atoms with Crippen molar-refractivity contribution in [2.75, 3.05) is 10.6 Å². The smallest absolute Gasteiger partial charge is 0.339 e. The molecule has 0 heterocycles. The minimum Gasteiger partial charge on any atom is -0.444 e. The Balaban J connectivity index is 1.85. The fourth-order valence-electron chi connectivity index (χ4n) is 3.07. The van der Waals surface area contributed by atoms with Gasteiger partial charge in [-0.25, -0.2) is 4.79 Å². The standard InChI is InChI=1S/C24H21N3O6/c1-15-8-13-20(21(14-15)27(31)32)26-23(29)22(17-6-4-3-5-7-17)33-24(30)18-9-11-19(12-10-18)25-16(2)28/h3-14,22H,1-2H3,(H,25,28)(H,26,29). The third-order valence-corrected chi connectivity index (χ3v) is 4.61. The summed E-state index contributed by atoms with van der Waals surface area (Å²) >= 11 is 0. The molecule has 0 aliphatic carbocycles. The molecule has 9 heteroatoms. The van der Waals surface area contributed by atoms with Crippen molar-refractivity contribution in [3.05, 3.63) is 99.6 Å². The zero-order chi connectivity index (χ0) is 24.0. The Bertz CT molecular complexity index is 1190. The van der Waals surface area contributed by atoms with E-state index in [2.05, 4.69) is 10.6 Å². The SMILES string of the molecule is CC(=O)Nc1ccc(C(=O)OC(C(=O)Nc2ccc(C)cc2[N+](=O)[O-])c2ccccc2)cc1. The van der Waals surface area contributed by atoms with Crippen molar-refractivity contribution in [2.24, 2.45) is 0 Å². The van der Waals surface area contributed by atoms with E-state index in [0.29, 0.717) is 16.8 Å². The molecule has 0 saturated carbocycles. The number of nitro benzene ring substituents is 1. The summed E-state index contributed by atoms with van der Waals surface area (Å²) in [5, 5.41) is 16.5. The molecule has 9 nitrogen and oxygen atoms in total. The number of nitrogens with zero attached hydrogens (tertiary/aromatic N) is 1. The van der Waals surface area contributed by atoms with Crippen LogP contribution < -0.4 is 10.6 Å². The molecule has 1 unspecified atom stereocenters. The summed E-state index contributed by atoms with van der Waals surface area (Å²) in [5.74, 6) is -1.76. The number of ether oxygens (including phenoxy) is 1. The normalized spacial score (nSPS) is 11.2. The second kappa shape index (κ2) is 10.2. The highest BCUT2D eigenvalue weighted by Gasteiger charge is 2.28. The Labute approximate surface area is 189 Å². The molecule has 2 amide bonds. The van der Waals surface area contributed by atoms with E-state index in [9.17, 15) is 24.5 Å². The van der Waals surface area contributed by atoms with Gasteiger partial charge in [0, 0.05) is 24.2 Å². The van der Waals surface area contributed by atoms with Gasteiger partial charge in [-0.15, -0.1) is 0 Å². The van der Waals surface area contributed by atoms with Gasteiger partial charge >= 0.3 is 5.97 Å². The fraction of sp³-hybridized carbons (Fsp3) is 0.125. The van der Waals surface area contributed by atoms with Crippen LogP contribution in [0.25, 0.3) is 0 Å². The minimum atomic E-state index is -1.35. The van der Waals surface area contributed by atoms with Crippen molar-refractivity contribution in [1.82, 2.24) is 0 Å². The summed E-state index contributed by atoms with van der Waals surface area (Å²) in [5.41, 5.74) is 1.45. The number of hydrogen-bond acceptors (Lipinski definition) is 6. The molecule has 3 aromatic carbocycles. The molecule has 1 atom stereocenters. The largest absolute Gasteiger partial charge is 0.444 e. The van der Waals surface area contributed by atoms with E-state index in [0.717, 1.165) is 0 Å². The van der Waals surface area contributed by atoms with Crippen LogP contribution in [0, 0.1) is 17.0 Å². The highest BCUT2D eigenvalue weighted by molar-refractivity contribution is 5.99. The Kier molecular flexibility index (Phi) is 7.14. The van der Waals surface area contributed by atoms with E-state index in [4.69, 9.17) is 4.74 Å². The van der Waals surface area contributed by atoms with Crippen LogP contribution in [0.15, 0.2) is 72.8 Å². The van der Waals surface area contributed by atoms with E-state index in [-0.39, 0.29) is 22.8 Å². The molecule has 0 fully saturated rings. The number of nitro groups is 1. The molecular formula is C24H21N3O6. The molecule has 3 rings (SSSR count). The van der Waals surface area contributed by atoms with E-state index < -0.39 is 22.9 Å². The molecule has 168 valence electrons. The Morgan fingerprint density at radius 1 is 0.939 bits per heavy atom. The van der Waals surface area contributed by atoms with Crippen molar-refractivity contribution in [2.45, 2.75) is 20.0 Å². The summed E-state index contributed by atoms with van der Waals surface area (Å²) in [6, 6.07) is 18.7. The van der Waals surface area contributed by atoms with Gasteiger partial charge in [0.1, 0.15) is 5.69 Å². The van der Waals surface area contributed by atoms with Crippen molar-refractivity contribution >= 4 is 34.8 Å². The number of anilines is 2. The molecule has 0 bridgehead atoms. The highest BCUT2D eigenvalue weighted by atomic mass is 16.6. The minimum absolute atomic E-state index is 0.00719. The summed E-state index contributed by atoms with van der Waals surface area (Å²) < 4.78 is 5.49. The van der Waals surface area contributed by atoms with Crippen LogP contribution in [-0.4, -0.2) is 22.7 Å². The van der Waals surface area contributed by atoms with Crippen molar-refractivity contribution in [3.63, 3.8) is 0 Å². The second-order valence-electron chi connectivity index (χ2n) is 7.22. The maximum absolute atomic E-state index is 13.1. The van der Waals surface area contributed by atoms with Gasteiger partial charge in [0.15, 0.2) is 0 Å². The lowest BCUT2D eigenvalue weighted by molar-refractivity contribution is -0.384. The lowest BCUT2D eigenvalue weighted by atomic mass is 10.1. The van der Waals surface area contributed by atoms with Crippen molar-refractivity contribution in [3.8, 4) is 0 Å². The maximum atomic E-state index is 13.1. The van der Waals surface area contributed by atoms with E-state index in [1.165, 1.54) is 43.3 Å². The topological polar surface area (TPSA) is 128 Å². The van der Waals surface area contributed by atoms with Crippen LogP contribution in [0.1, 0.15) is 34.5 Å². The lowest BCUT2D eigenvalue weighted by Gasteiger charge is -2.18. The predicted molar refractivity (Wildman–Crippen MR) is 122 cm³/mol. The second-order valence-corrected chi connectivity index (χ2v) is 7.22. The molecule has 0 aliphatic rings. The zero-order valence-electron chi connectivity index (χ0n) is 17.9. The number of aryl methyl sites for hydroxylation is 1. The molecule has 0 saturated heterocycles. The maximum Gasteiger partial charge on any atom is 0.339 e. The van der Waals surface area contributed by atoms with Crippen LogP contribution in [-0.2, 0) is 14.3 Å². The lowest BCUT2D eigenvalue weighted by Crippen LogP contribution is -2.26. The van der Waals surface area contributed by atoms with E-state index >= 15 is 0 Å². The molecule has 2 N–H and O–H groups in total. The van der Waals surface area contributed by atoms with Crippen molar-refractivity contribution < 1.29 is 24.0 Å². The number of esters is 1. The average Bonchev–Trinajstić information content (AvgIpc) is 2.79. The van der Waals surface area contributed by atoms with Gasteiger partial charge in [-0.1, -0.05) is 36.4 Å². The van der Waals surface area contributed by atoms with Crippen molar-refractivity contribution in [1.29, 1.82) is 0 Å². The first-order valence-electron chi connectivity index (χ1n) is 9.94. The molecule has 33 heavy (non-hydrogen) atoms. The van der Waals surface area contributed by atoms with Gasteiger partial charge in [0.2, 0.25) is 12.0 Å². The van der Waals surface area contributed by atoms with Gasteiger partial charge in [-0.3, -0.25) is 19.7 Å². The molecular weight excluding hydrogens is 426 g/mol. The third kappa shape index (κ3) is 6.01. The highest BCUT2D eigenvalue weighted by Crippen LogP contribution is 2.28. The third-order valence-electron chi connectivity index (χ3n) is 4.61. The van der Waals surface area contributed by atoms with Crippen LogP contribution in [0.4, 0.5) is 17.1 Å². The van der Waals surface area contributed by atoms with Gasteiger partial charge < -0.3 is 15.4 Å². The first-order chi connectivity index (χ1) is 15.7. The number of amides is 2. The zero-order valence-corrected chi connectivity index (χ0v) is 17.9.